The molecule has 0 bridgehead atoms. The number of anilines is 1. The van der Waals surface area contributed by atoms with Crippen LogP contribution < -0.4 is 10.6 Å². The van der Waals surface area contributed by atoms with Crippen molar-refractivity contribution in [1.82, 2.24) is 0 Å². The van der Waals surface area contributed by atoms with Gasteiger partial charge in [-0.1, -0.05) is 12.1 Å². The van der Waals surface area contributed by atoms with Crippen molar-refractivity contribution < 1.29 is 9.90 Å². The van der Waals surface area contributed by atoms with Crippen LogP contribution in [-0.4, -0.2) is 24.3 Å². The van der Waals surface area contributed by atoms with E-state index in [1.165, 1.54) is 10.5 Å². The number of hydrogen-bond donors (Lipinski definition) is 2. The summed E-state index contributed by atoms with van der Waals surface area (Å²) in [5, 5.41) is 9.17. The number of aliphatic hydroxyl groups excluding tert-OH is 1. The number of carbonyl (C=O) groups excluding carboxylic acids is 1. The summed E-state index contributed by atoms with van der Waals surface area (Å²) < 4.78 is 0. The first-order chi connectivity index (χ1) is 7.76. The van der Waals surface area contributed by atoms with Crippen LogP contribution in [0.4, 0.5) is 5.69 Å². The number of aryl methyl sites for hydroxylation is 1. The van der Waals surface area contributed by atoms with E-state index in [2.05, 4.69) is 6.07 Å². The Morgan fingerprint density at radius 1 is 1.38 bits per heavy atom. The molecule has 0 fully saturated rings. The lowest BCUT2D eigenvalue weighted by Crippen LogP contribution is -2.35. The molecule has 0 saturated heterocycles. The Kier molecular flexibility index (Phi) is 3.22. The van der Waals surface area contributed by atoms with Crippen LogP contribution in [0.5, 0.6) is 0 Å². The minimum absolute atomic E-state index is 0.0124. The van der Waals surface area contributed by atoms with Crippen molar-refractivity contribution in [3.05, 3.63) is 29.3 Å². The Bertz CT molecular complexity index is 404. The maximum atomic E-state index is 11.5. The third-order valence-corrected chi connectivity index (χ3v) is 2.92. The highest BCUT2D eigenvalue weighted by Gasteiger charge is 2.23. The van der Waals surface area contributed by atoms with Gasteiger partial charge in [0.2, 0.25) is 5.91 Å². The van der Waals surface area contributed by atoms with Crippen LogP contribution >= 0.6 is 0 Å². The molecular weight excluding hydrogens is 204 g/mol. The predicted molar refractivity (Wildman–Crippen MR) is 62.1 cm³/mol. The van der Waals surface area contributed by atoms with Gasteiger partial charge in [-0.15, -0.1) is 0 Å². The summed E-state index contributed by atoms with van der Waals surface area (Å²) in [6.45, 7) is 0.378. The summed E-state index contributed by atoms with van der Waals surface area (Å²) in [5.74, 6) is -0.0124. The second-order valence-electron chi connectivity index (χ2n) is 3.96. The predicted octanol–water partition coefficient (Wildman–Crippen LogP) is 0.417. The smallest absolute Gasteiger partial charge is 0.229 e. The number of nitrogens with zero attached hydrogens (tertiary/aromatic N) is 1. The zero-order chi connectivity index (χ0) is 11.5. The van der Waals surface area contributed by atoms with Crippen molar-refractivity contribution in [2.45, 2.75) is 19.3 Å². The molecule has 0 atom stereocenters. The van der Waals surface area contributed by atoms with Crippen LogP contribution in [0.15, 0.2) is 18.2 Å². The van der Waals surface area contributed by atoms with Crippen LogP contribution in [0.25, 0.3) is 0 Å². The van der Waals surface area contributed by atoms with Crippen LogP contribution in [0.3, 0.4) is 0 Å². The number of carbonyl (C=O) groups is 1. The van der Waals surface area contributed by atoms with Crippen molar-refractivity contribution in [2.75, 3.05) is 18.2 Å². The molecule has 1 heterocycles. The normalized spacial score (nSPS) is 15.1. The largest absolute Gasteiger partial charge is 0.376 e. The van der Waals surface area contributed by atoms with Crippen molar-refractivity contribution in [2.24, 2.45) is 5.73 Å². The van der Waals surface area contributed by atoms with Gasteiger partial charge in [0.15, 0.2) is 0 Å². The number of aliphatic hydroxyl groups is 1. The Hall–Kier alpha value is -1.39. The van der Waals surface area contributed by atoms with Gasteiger partial charge in [0.05, 0.1) is 0 Å². The van der Waals surface area contributed by atoms with E-state index in [1.807, 2.05) is 12.1 Å². The second kappa shape index (κ2) is 4.63. The maximum Gasteiger partial charge on any atom is 0.229 e. The second-order valence-corrected chi connectivity index (χ2v) is 3.96. The molecule has 1 aromatic carbocycles. The molecule has 0 spiro atoms. The molecule has 4 nitrogen and oxygen atoms in total. The molecule has 0 radical (unpaired) electrons. The molecule has 1 aliphatic rings. The van der Waals surface area contributed by atoms with Gasteiger partial charge in [-0.3, -0.25) is 9.69 Å². The van der Waals surface area contributed by atoms with Crippen LogP contribution in [0, 0.1) is 0 Å². The standard InChI is InChI=1S/C12H16N2O2/c13-6-5-9-1-3-11-10(7-9)2-4-12(16)14(11)8-15/h1,3,7,15H,2,4-6,8,13H2. The quantitative estimate of drug-likeness (QED) is 0.775. The average Bonchev–Trinajstić information content (AvgIpc) is 2.30. The molecule has 0 unspecified atom stereocenters. The highest BCUT2D eigenvalue weighted by atomic mass is 16.3. The molecule has 0 saturated carbocycles. The van der Waals surface area contributed by atoms with E-state index >= 15 is 0 Å². The fourth-order valence-corrected chi connectivity index (χ4v) is 2.09. The molecule has 86 valence electrons. The number of benzene rings is 1. The topological polar surface area (TPSA) is 66.6 Å². The lowest BCUT2D eigenvalue weighted by atomic mass is 9.98. The molecule has 1 aromatic rings. The highest BCUT2D eigenvalue weighted by Crippen LogP contribution is 2.28. The van der Waals surface area contributed by atoms with Gasteiger partial charge in [-0.25, -0.2) is 0 Å². The lowest BCUT2D eigenvalue weighted by molar-refractivity contribution is -0.119. The Balaban J connectivity index is 2.34. The van der Waals surface area contributed by atoms with Gasteiger partial charge in [0.25, 0.3) is 0 Å². The molecule has 0 aliphatic carbocycles. The number of rotatable bonds is 3. The Labute approximate surface area is 94.7 Å². The SMILES string of the molecule is NCCc1ccc2c(c1)CCC(=O)N2CO. The van der Waals surface area contributed by atoms with E-state index in [0.717, 1.165) is 24.1 Å². The summed E-state index contributed by atoms with van der Waals surface area (Å²) in [5.41, 5.74) is 8.65. The van der Waals surface area contributed by atoms with Crippen molar-refractivity contribution in [3.63, 3.8) is 0 Å². The number of nitrogens with two attached hydrogens (primary N) is 1. The number of fused-ring (bicyclic) bond motifs is 1. The molecule has 1 amide bonds. The van der Waals surface area contributed by atoms with Gasteiger partial charge in [-0.2, -0.15) is 0 Å². The molecule has 4 heteroatoms. The average molecular weight is 220 g/mol. The minimum atomic E-state index is -0.248. The molecule has 0 aromatic heterocycles. The molecular formula is C12H16N2O2. The highest BCUT2D eigenvalue weighted by molar-refractivity contribution is 5.96. The maximum absolute atomic E-state index is 11.5. The van der Waals surface area contributed by atoms with Gasteiger partial charge in [0.1, 0.15) is 6.73 Å². The van der Waals surface area contributed by atoms with Crippen molar-refractivity contribution in [3.8, 4) is 0 Å². The number of amides is 1. The summed E-state index contributed by atoms with van der Waals surface area (Å²) in [6, 6.07) is 5.94. The van der Waals surface area contributed by atoms with E-state index in [4.69, 9.17) is 10.8 Å². The van der Waals surface area contributed by atoms with Crippen molar-refractivity contribution in [1.29, 1.82) is 0 Å². The fraction of sp³-hybridized carbons (Fsp3) is 0.417. The van der Waals surface area contributed by atoms with E-state index in [1.54, 1.807) is 0 Å². The zero-order valence-corrected chi connectivity index (χ0v) is 9.15. The third kappa shape index (κ3) is 1.94. The molecule has 3 N–H and O–H groups in total. The van der Waals surface area contributed by atoms with Gasteiger partial charge in [0, 0.05) is 12.1 Å². The summed E-state index contributed by atoms with van der Waals surface area (Å²) in [4.78, 5) is 13.0. The first kappa shape index (κ1) is 11.1. The fourth-order valence-electron chi connectivity index (χ4n) is 2.09. The first-order valence-corrected chi connectivity index (χ1v) is 5.49. The monoisotopic (exact) mass is 220 g/mol. The van der Waals surface area contributed by atoms with Crippen LogP contribution in [0.2, 0.25) is 0 Å². The van der Waals surface area contributed by atoms with E-state index in [0.29, 0.717) is 13.0 Å². The van der Waals surface area contributed by atoms with Crippen LogP contribution in [0.1, 0.15) is 17.5 Å². The minimum Gasteiger partial charge on any atom is -0.376 e. The zero-order valence-electron chi connectivity index (χ0n) is 9.15. The summed E-state index contributed by atoms with van der Waals surface area (Å²) >= 11 is 0. The van der Waals surface area contributed by atoms with Gasteiger partial charge in [-0.05, 0) is 36.6 Å². The van der Waals surface area contributed by atoms with Gasteiger partial charge >= 0.3 is 0 Å². The lowest BCUT2D eigenvalue weighted by Gasteiger charge is -2.27. The summed E-state index contributed by atoms with van der Waals surface area (Å²) in [6.07, 6.45) is 2.07. The third-order valence-electron chi connectivity index (χ3n) is 2.92. The Morgan fingerprint density at radius 2 is 2.19 bits per heavy atom. The van der Waals surface area contributed by atoms with Crippen LogP contribution in [-0.2, 0) is 17.6 Å². The molecule has 2 rings (SSSR count). The molecule has 1 aliphatic heterocycles. The van der Waals surface area contributed by atoms with E-state index < -0.39 is 0 Å². The summed E-state index contributed by atoms with van der Waals surface area (Å²) in [7, 11) is 0. The first-order valence-electron chi connectivity index (χ1n) is 5.49. The Morgan fingerprint density at radius 3 is 2.88 bits per heavy atom. The van der Waals surface area contributed by atoms with E-state index in [-0.39, 0.29) is 12.6 Å². The molecule has 16 heavy (non-hydrogen) atoms. The van der Waals surface area contributed by atoms with E-state index in [9.17, 15) is 4.79 Å². The number of hydrogen-bond acceptors (Lipinski definition) is 3. The van der Waals surface area contributed by atoms with Crippen molar-refractivity contribution >= 4 is 11.6 Å². The van der Waals surface area contributed by atoms with Gasteiger partial charge < -0.3 is 10.8 Å².